The van der Waals surface area contributed by atoms with Crippen molar-refractivity contribution in [3.05, 3.63) is 34.0 Å². The highest BCUT2D eigenvalue weighted by Gasteiger charge is 2.38. The number of halogens is 1. The molecule has 1 aromatic rings. The summed E-state index contributed by atoms with van der Waals surface area (Å²) < 4.78 is 0. The third-order valence-corrected chi connectivity index (χ3v) is 4.26. The van der Waals surface area contributed by atoms with Crippen molar-refractivity contribution < 1.29 is 19.8 Å². The van der Waals surface area contributed by atoms with Gasteiger partial charge in [0.2, 0.25) is 11.6 Å². The Balaban J connectivity index is 2.16. The fourth-order valence-electron chi connectivity index (χ4n) is 2.88. The molecule has 1 aliphatic heterocycles. The highest BCUT2D eigenvalue weighted by Crippen LogP contribution is 2.39. The van der Waals surface area contributed by atoms with Crippen LogP contribution in [-0.2, 0) is 0 Å². The first-order valence-corrected chi connectivity index (χ1v) is 7.19. The summed E-state index contributed by atoms with van der Waals surface area (Å²) in [6.45, 7) is 1.30. The van der Waals surface area contributed by atoms with Gasteiger partial charge in [-0.05, 0) is 31.4 Å². The van der Waals surface area contributed by atoms with E-state index in [1.165, 1.54) is 12.1 Å². The normalized spacial score (nSPS) is 19.0. The number of carbonyl (C=O) groups excluding carboxylic acids is 2. The van der Waals surface area contributed by atoms with Gasteiger partial charge in [-0.3, -0.25) is 9.59 Å². The Kier molecular flexibility index (Phi) is 3.37. The van der Waals surface area contributed by atoms with Crippen LogP contribution in [0, 0.1) is 0 Å². The standard InChI is InChI=1S/C15H14ClNO4/c16-12-13(17-6-2-1-3-7-17)15(21)11-9(19)5-4-8(18)10(11)14(12)20/h4-5,18-19H,1-3,6-7H2. The average molecular weight is 308 g/mol. The number of phenols is 2. The van der Waals surface area contributed by atoms with E-state index < -0.39 is 11.6 Å². The Hall–Kier alpha value is -2.01. The summed E-state index contributed by atoms with van der Waals surface area (Å²) in [5.41, 5.74) is -0.245. The van der Waals surface area contributed by atoms with Gasteiger partial charge in [0.15, 0.2) is 0 Å². The molecule has 1 aromatic carbocycles. The van der Waals surface area contributed by atoms with Gasteiger partial charge in [-0.15, -0.1) is 0 Å². The van der Waals surface area contributed by atoms with Crippen molar-refractivity contribution >= 4 is 23.2 Å². The molecule has 0 saturated carbocycles. The van der Waals surface area contributed by atoms with Crippen LogP contribution in [0.4, 0.5) is 0 Å². The number of phenolic OH excluding ortho intramolecular Hbond substituents is 2. The number of fused-ring (bicyclic) bond motifs is 1. The number of piperidine rings is 1. The fraction of sp³-hybridized carbons (Fsp3) is 0.333. The minimum Gasteiger partial charge on any atom is -0.507 e. The molecule has 5 nitrogen and oxygen atoms in total. The lowest BCUT2D eigenvalue weighted by molar-refractivity contribution is 0.0935. The maximum atomic E-state index is 12.6. The Bertz CT molecular complexity index is 674. The van der Waals surface area contributed by atoms with Gasteiger partial charge in [-0.1, -0.05) is 11.6 Å². The summed E-state index contributed by atoms with van der Waals surface area (Å²) >= 11 is 6.09. The predicted octanol–water partition coefficient (Wildman–Crippen LogP) is 2.41. The second-order valence-electron chi connectivity index (χ2n) is 5.22. The first-order valence-electron chi connectivity index (χ1n) is 6.81. The minimum absolute atomic E-state index is 0.134. The van der Waals surface area contributed by atoms with E-state index in [1.807, 2.05) is 0 Å². The Morgan fingerprint density at radius 3 is 2.00 bits per heavy atom. The van der Waals surface area contributed by atoms with Crippen LogP contribution in [0.5, 0.6) is 11.5 Å². The van der Waals surface area contributed by atoms with Gasteiger partial charge < -0.3 is 15.1 Å². The molecular weight excluding hydrogens is 294 g/mol. The van der Waals surface area contributed by atoms with Crippen LogP contribution in [0.2, 0.25) is 0 Å². The number of hydrogen-bond acceptors (Lipinski definition) is 5. The van der Waals surface area contributed by atoms with Crippen molar-refractivity contribution in [3.8, 4) is 11.5 Å². The first-order chi connectivity index (χ1) is 10.0. The van der Waals surface area contributed by atoms with Crippen LogP contribution >= 0.6 is 11.6 Å². The molecule has 0 aromatic heterocycles. The molecule has 0 amide bonds. The van der Waals surface area contributed by atoms with Crippen molar-refractivity contribution in [1.29, 1.82) is 0 Å². The zero-order valence-electron chi connectivity index (χ0n) is 11.2. The molecule has 1 saturated heterocycles. The van der Waals surface area contributed by atoms with Crippen molar-refractivity contribution in [3.63, 3.8) is 0 Å². The molecule has 1 aliphatic carbocycles. The average Bonchev–Trinajstić information content (AvgIpc) is 2.48. The number of rotatable bonds is 1. The molecule has 6 heteroatoms. The molecule has 110 valence electrons. The van der Waals surface area contributed by atoms with Gasteiger partial charge in [0.25, 0.3) is 0 Å². The summed E-state index contributed by atoms with van der Waals surface area (Å²) in [7, 11) is 0. The van der Waals surface area contributed by atoms with Crippen LogP contribution in [0.25, 0.3) is 0 Å². The molecule has 2 aliphatic rings. The number of ketones is 2. The topological polar surface area (TPSA) is 77.8 Å². The molecular formula is C15H14ClNO4. The molecule has 0 radical (unpaired) electrons. The molecule has 1 fully saturated rings. The van der Waals surface area contributed by atoms with Crippen molar-refractivity contribution in [2.24, 2.45) is 0 Å². The Morgan fingerprint density at radius 1 is 0.905 bits per heavy atom. The van der Waals surface area contributed by atoms with Crippen molar-refractivity contribution in [2.45, 2.75) is 19.3 Å². The summed E-state index contributed by atoms with van der Waals surface area (Å²) in [5, 5.41) is 19.5. The van der Waals surface area contributed by atoms with Crippen molar-refractivity contribution in [2.75, 3.05) is 13.1 Å². The highest BCUT2D eigenvalue weighted by atomic mass is 35.5. The molecule has 0 bridgehead atoms. The number of carbonyl (C=O) groups is 2. The number of Topliss-reactive ketones (excluding diaryl/α,β-unsaturated/α-hetero) is 2. The smallest absolute Gasteiger partial charge is 0.215 e. The first kappa shape index (κ1) is 13.9. The van der Waals surface area contributed by atoms with E-state index in [9.17, 15) is 19.8 Å². The molecule has 1 heterocycles. The van der Waals surface area contributed by atoms with Crippen molar-refractivity contribution in [1.82, 2.24) is 4.90 Å². The summed E-state index contributed by atoms with van der Waals surface area (Å²) in [4.78, 5) is 26.8. The van der Waals surface area contributed by atoms with Crippen LogP contribution < -0.4 is 0 Å². The number of aromatic hydroxyl groups is 2. The second-order valence-corrected chi connectivity index (χ2v) is 5.60. The van der Waals surface area contributed by atoms with E-state index in [2.05, 4.69) is 0 Å². The van der Waals surface area contributed by atoms with Gasteiger partial charge in [-0.25, -0.2) is 0 Å². The summed E-state index contributed by atoms with van der Waals surface area (Å²) in [5.74, 6) is -1.80. The lowest BCUT2D eigenvalue weighted by Gasteiger charge is -2.32. The predicted molar refractivity (Wildman–Crippen MR) is 76.7 cm³/mol. The van der Waals surface area contributed by atoms with E-state index in [-0.39, 0.29) is 33.4 Å². The molecule has 0 spiro atoms. The summed E-state index contributed by atoms with van der Waals surface area (Å²) in [6.07, 6.45) is 2.92. The number of benzene rings is 1. The Labute approximate surface area is 126 Å². The lowest BCUT2D eigenvalue weighted by atomic mass is 9.89. The van der Waals surface area contributed by atoms with Gasteiger partial charge in [0.1, 0.15) is 22.2 Å². The maximum absolute atomic E-state index is 12.6. The van der Waals surface area contributed by atoms with E-state index in [4.69, 9.17) is 11.6 Å². The van der Waals surface area contributed by atoms with Gasteiger partial charge in [0.05, 0.1) is 11.1 Å². The van der Waals surface area contributed by atoms with Crippen LogP contribution in [-0.4, -0.2) is 39.8 Å². The minimum atomic E-state index is -0.625. The molecule has 0 unspecified atom stereocenters. The van der Waals surface area contributed by atoms with Crippen LogP contribution in [0.1, 0.15) is 40.0 Å². The molecule has 21 heavy (non-hydrogen) atoms. The SMILES string of the molecule is O=C1C(Cl)=C(N2CCCCC2)C(=O)c2c(O)ccc(O)c21. The molecule has 2 N–H and O–H groups in total. The molecule has 0 atom stereocenters. The fourth-order valence-corrected chi connectivity index (χ4v) is 3.18. The van der Waals surface area contributed by atoms with E-state index in [0.717, 1.165) is 19.3 Å². The second kappa shape index (κ2) is 5.07. The number of nitrogens with zero attached hydrogens (tertiary/aromatic N) is 1. The zero-order valence-corrected chi connectivity index (χ0v) is 12.0. The zero-order chi connectivity index (χ0) is 15.1. The monoisotopic (exact) mass is 307 g/mol. The summed E-state index contributed by atoms with van der Waals surface area (Å²) in [6, 6.07) is 2.38. The van der Waals surface area contributed by atoms with Crippen LogP contribution in [0.3, 0.4) is 0 Å². The van der Waals surface area contributed by atoms with E-state index in [0.29, 0.717) is 13.1 Å². The van der Waals surface area contributed by atoms with Gasteiger partial charge in [-0.2, -0.15) is 0 Å². The van der Waals surface area contributed by atoms with E-state index in [1.54, 1.807) is 4.90 Å². The number of likely N-dealkylation sites (tertiary alicyclic amines) is 1. The maximum Gasteiger partial charge on any atom is 0.215 e. The third-order valence-electron chi connectivity index (χ3n) is 3.91. The van der Waals surface area contributed by atoms with Crippen LogP contribution in [0.15, 0.2) is 22.9 Å². The van der Waals surface area contributed by atoms with Gasteiger partial charge >= 0.3 is 0 Å². The Morgan fingerprint density at radius 2 is 1.43 bits per heavy atom. The molecule has 3 rings (SSSR count). The quantitative estimate of drug-likeness (QED) is 0.779. The van der Waals surface area contributed by atoms with Gasteiger partial charge in [0, 0.05) is 13.1 Å². The number of hydrogen-bond donors (Lipinski definition) is 2. The largest absolute Gasteiger partial charge is 0.507 e. The third kappa shape index (κ3) is 2.08. The highest BCUT2D eigenvalue weighted by molar-refractivity contribution is 6.50. The number of allylic oxidation sites excluding steroid dienone is 2. The lowest BCUT2D eigenvalue weighted by Crippen LogP contribution is -2.36. The van der Waals surface area contributed by atoms with E-state index >= 15 is 0 Å².